The van der Waals surface area contributed by atoms with Gasteiger partial charge in [-0.2, -0.15) is 0 Å². The first kappa shape index (κ1) is 20.4. The molecule has 3 rings (SSSR count). The van der Waals surface area contributed by atoms with Gasteiger partial charge in [-0.1, -0.05) is 11.6 Å². The molecule has 0 aliphatic carbocycles. The molecule has 9 nitrogen and oxygen atoms in total. The topological polar surface area (TPSA) is 102 Å². The minimum Gasteiger partial charge on any atom is -0.427 e. The van der Waals surface area contributed by atoms with Crippen molar-refractivity contribution in [2.45, 2.75) is 44.8 Å². The van der Waals surface area contributed by atoms with Gasteiger partial charge in [0.1, 0.15) is 22.7 Å². The summed E-state index contributed by atoms with van der Waals surface area (Å²) in [5.74, 6) is 0.0257. The maximum atomic E-state index is 12.4. The van der Waals surface area contributed by atoms with E-state index in [1.54, 1.807) is 39.0 Å². The molecule has 0 saturated carbocycles. The van der Waals surface area contributed by atoms with Crippen molar-refractivity contribution in [3.8, 4) is 0 Å². The van der Waals surface area contributed by atoms with Gasteiger partial charge in [-0.25, -0.2) is 9.78 Å². The molecule has 10 heteroatoms. The van der Waals surface area contributed by atoms with Crippen LogP contribution >= 0.6 is 11.6 Å². The lowest BCUT2D eigenvalue weighted by Gasteiger charge is -2.35. The van der Waals surface area contributed by atoms with Crippen molar-refractivity contribution in [3.05, 3.63) is 35.1 Å². The van der Waals surface area contributed by atoms with E-state index in [0.29, 0.717) is 42.5 Å². The van der Waals surface area contributed by atoms with E-state index in [0.717, 1.165) is 0 Å². The summed E-state index contributed by atoms with van der Waals surface area (Å²) in [6.07, 6.45) is 3.55. The standard InChI is InChI=1S/C18H23ClN4O5/c1-17(2,3)26-16(25)27-23-8-6-18(7-9-23)10-13(22-28-18)15(24)21-14-5-4-12(19)11-20-14/h4-5,10-11,22H,6-9H2,1-3H3,(H,20,21,24). The lowest BCUT2D eigenvalue weighted by atomic mass is 9.92. The largest absolute Gasteiger partial charge is 0.528 e. The van der Waals surface area contributed by atoms with E-state index in [1.165, 1.54) is 11.3 Å². The van der Waals surface area contributed by atoms with Crippen molar-refractivity contribution < 1.29 is 24.0 Å². The number of hydrogen-bond acceptors (Lipinski definition) is 8. The predicted octanol–water partition coefficient (Wildman–Crippen LogP) is 2.79. The number of ether oxygens (including phenoxy) is 1. The zero-order valence-electron chi connectivity index (χ0n) is 16.0. The molecule has 1 fully saturated rings. The molecular formula is C18H23ClN4O5. The average Bonchev–Trinajstić information content (AvgIpc) is 3.02. The van der Waals surface area contributed by atoms with Gasteiger partial charge in [0.25, 0.3) is 5.91 Å². The molecule has 0 radical (unpaired) electrons. The number of carbonyl (C=O) groups is 2. The van der Waals surface area contributed by atoms with E-state index >= 15 is 0 Å². The minimum absolute atomic E-state index is 0.304. The molecule has 0 unspecified atom stereocenters. The van der Waals surface area contributed by atoms with Gasteiger partial charge < -0.3 is 14.9 Å². The van der Waals surface area contributed by atoms with Crippen LogP contribution in [0.1, 0.15) is 33.6 Å². The molecule has 1 amide bonds. The van der Waals surface area contributed by atoms with Crippen LogP contribution < -0.4 is 10.8 Å². The van der Waals surface area contributed by atoms with Gasteiger partial charge in [-0.05, 0) is 51.8 Å². The van der Waals surface area contributed by atoms with Crippen LogP contribution in [0.25, 0.3) is 0 Å². The van der Waals surface area contributed by atoms with Crippen molar-refractivity contribution in [3.63, 3.8) is 0 Å². The zero-order valence-corrected chi connectivity index (χ0v) is 16.7. The first-order valence-corrected chi connectivity index (χ1v) is 9.28. The van der Waals surface area contributed by atoms with Crippen LogP contribution in [0, 0.1) is 0 Å². The Bertz CT molecular complexity index is 767. The number of halogens is 1. The summed E-state index contributed by atoms with van der Waals surface area (Å²) in [4.78, 5) is 39.0. The molecule has 3 heterocycles. The second-order valence-electron chi connectivity index (χ2n) is 7.63. The van der Waals surface area contributed by atoms with Crippen LogP contribution in [-0.2, 0) is 19.2 Å². The molecule has 0 aromatic carbocycles. The van der Waals surface area contributed by atoms with E-state index in [2.05, 4.69) is 15.8 Å². The number of piperidine rings is 1. The van der Waals surface area contributed by atoms with E-state index in [-0.39, 0.29) is 5.91 Å². The molecular weight excluding hydrogens is 388 g/mol. The fourth-order valence-electron chi connectivity index (χ4n) is 2.80. The van der Waals surface area contributed by atoms with Gasteiger partial charge in [-0.15, -0.1) is 5.06 Å². The van der Waals surface area contributed by atoms with Crippen molar-refractivity contribution >= 4 is 29.5 Å². The number of anilines is 1. The number of rotatable bonds is 3. The van der Waals surface area contributed by atoms with Gasteiger partial charge in [0.05, 0.1) is 5.02 Å². The lowest BCUT2D eigenvalue weighted by Crippen LogP contribution is -2.45. The Morgan fingerprint density at radius 1 is 1.32 bits per heavy atom. The summed E-state index contributed by atoms with van der Waals surface area (Å²) in [6.45, 7) is 6.22. The SMILES string of the molecule is CC(C)(C)OC(=O)ON1CCC2(C=C(C(=O)Nc3ccc(Cl)cn3)NO2)CC1. The third kappa shape index (κ3) is 5.34. The van der Waals surface area contributed by atoms with Crippen molar-refractivity contribution in [1.82, 2.24) is 15.5 Å². The summed E-state index contributed by atoms with van der Waals surface area (Å²) >= 11 is 5.79. The highest BCUT2D eigenvalue weighted by atomic mass is 35.5. The molecule has 28 heavy (non-hydrogen) atoms. The number of amides is 1. The molecule has 0 bridgehead atoms. The first-order chi connectivity index (χ1) is 13.1. The Hall–Kier alpha value is -2.36. The molecule has 0 atom stereocenters. The summed E-state index contributed by atoms with van der Waals surface area (Å²) in [7, 11) is 0. The van der Waals surface area contributed by atoms with Crippen molar-refractivity contribution in [2.75, 3.05) is 18.4 Å². The Balaban J connectivity index is 1.53. The smallest absolute Gasteiger partial charge is 0.427 e. The highest BCUT2D eigenvalue weighted by Crippen LogP contribution is 2.32. The zero-order chi connectivity index (χ0) is 20.4. The molecule has 2 aliphatic heterocycles. The number of nitrogens with one attached hydrogen (secondary N) is 2. The maximum Gasteiger partial charge on any atom is 0.528 e. The predicted molar refractivity (Wildman–Crippen MR) is 101 cm³/mol. The lowest BCUT2D eigenvalue weighted by molar-refractivity contribution is -0.179. The first-order valence-electron chi connectivity index (χ1n) is 8.90. The Kier molecular flexibility index (Phi) is 5.78. The van der Waals surface area contributed by atoms with Crippen LogP contribution in [0.4, 0.5) is 10.6 Å². The third-order valence-corrected chi connectivity index (χ3v) is 4.37. The van der Waals surface area contributed by atoms with Crippen molar-refractivity contribution in [2.24, 2.45) is 0 Å². The Morgan fingerprint density at radius 2 is 2.04 bits per heavy atom. The van der Waals surface area contributed by atoms with Crippen LogP contribution in [0.15, 0.2) is 30.1 Å². The van der Waals surface area contributed by atoms with Crippen LogP contribution in [-0.4, -0.2) is 46.4 Å². The molecule has 152 valence electrons. The molecule has 1 saturated heterocycles. The van der Waals surface area contributed by atoms with Crippen LogP contribution in [0.2, 0.25) is 5.02 Å². The van der Waals surface area contributed by atoms with E-state index < -0.39 is 17.4 Å². The second-order valence-corrected chi connectivity index (χ2v) is 8.06. The maximum absolute atomic E-state index is 12.4. The molecule has 2 aliphatic rings. The quantitative estimate of drug-likeness (QED) is 0.733. The number of carbonyl (C=O) groups excluding carboxylic acids is 2. The monoisotopic (exact) mass is 410 g/mol. The van der Waals surface area contributed by atoms with E-state index in [9.17, 15) is 9.59 Å². The summed E-state index contributed by atoms with van der Waals surface area (Å²) in [5, 5.41) is 4.69. The van der Waals surface area contributed by atoms with E-state index in [1.807, 2.05) is 0 Å². The number of aromatic nitrogens is 1. The van der Waals surface area contributed by atoms with Gasteiger partial charge in [-0.3, -0.25) is 15.1 Å². The second kappa shape index (κ2) is 7.94. The highest BCUT2D eigenvalue weighted by Gasteiger charge is 2.41. The summed E-state index contributed by atoms with van der Waals surface area (Å²) in [5.41, 5.74) is 1.74. The fourth-order valence-corrected chi connectivity index (χ4v) is 2.91. The van der Waals surface area contributed by atoms with Gasteiger partial charge in [0, 0.05) is 19.3 Å². The van der Waals surface area contributed by atoms with Gasteiger partial charge in [0.15, 0.2) is 0 Å². The number of hydrogen-bond donors (Lipinski definition) is 2. The van der Waals surface area contributed by atoms with Crippen LogP contribution in [0.5, 0.6) is 0 Å². The highest BCUT2D eigenvalue weighted by molar-refractivity contribution is 6.30. The molecule has 1 spiro atoms. The fraction of sp³-hybridized carbons (Fsp3) is 0.500. The minimum atomic E-state index is -0.736. The van der Waals surface area contributed by atoms with Gasteiger partial charge in [0.2, 0.25) is 0 Å². The van der Waals surface area contributed by atoms with Crippen LogP contribution in [0.3, 0.4) is 0 Å². The molecule has 1 aromatic heterocycles. The Morgan fingerprint density at radius 3 is 2.64 bits per heavy atom. The number of hydroxylamine groups is 3. The van der Waals surface area contributed by atoms with Crippen molar-refractivity contribution in [1.29, 1.82) is 0 Å². The van der Waals surface area contributed by atoms with E-state index in [4.69, 9.17) is 26.0 Å². The molecule has 2 N–H and O–H groups in total. The third-order valence-electron chi connectivity index (χ3n) is 4.15. The number of pyridine rings is 1. The van der Waals surface area contributed by atoms with Gasteiger partial charge >= 0.3 is 6.16 Å². The Labute approximate surface area is 167 Å². The number of nitrogens with zero attached hydrogens (tertiary/aromatic N) is 2. The summed E-state index contributed by atoms with van der Waals surface area (Å²) in [6, 6.07) is 3.25. The average molecular weight is 411 g/mol. The summed E-state index contributed by atoms with van der Waals surface area (Å²) < 4.78 is 5.14. The normalized spacial score (nSPS) is 18.9. The molecule has 1 aromatic rings.